The van der Waals surface area contributed by atoms with Crippen molar-refractivity contribution in [2.24, 2.45) is 0 Å². The molecule has 1 aromatic rings. The van der Waals surface area contributed by atoms with Crippen molar-refractivity contribution in [1.29, 1.82) is 0 Å². The molecule has 0 atom stereocenters. The Morgan fingerprint density at radius 2 is 2.27 bits per heavy atom. The molecule has 80 valence electrons. The van der Waals surface area contributed by atoms with Crippen molar-refractivity contribution in [3.63, 3.8) is 0 Å². The third-order valence-electron chi connectivity index (χ3n) is 2.70. The van der Waals surface area contributed by atoms with Gasteiger partial charge in [-0.15, -0.1) is 0 Å². The first-order chi connectivity index (χ1) is 7.20. The summed E-state index contributed by atoms with van der Waals surface area (Å²) in [7, 11) is 1.63. The number of nitrogens with zero attached hydrogens (tertiary/aromatic N) is 1. The average molecular weight is 207 g/mol. The number of methoxy groups -OCH3 is 1. The smallest absolute Gasteiger partial charge is 0.407 e. The Balaban J connectivity index is 2.24. The van der Waals surface area contributed by atoms with E-state index in [1.54, 1.807) is 7.11 Å². The first-order valence-corrected chi connectivity index (χ1v) is 4.84. The average Bonchev–Trinajstić information content (AvgIpc) is 2.27. The van der Waals surface area contributed by atoms with E-state index in [2.05, 4.69) is 0 Å². The molecule has 1 amide bonds. The number of carboxylic acid groups (broad SMARTS) is 1. The predicted octanol–water partition coefficient (Wildman–Crippen LogP) is 1.73. The van der Waals surface area contributed by atoms with Crippen LogP contribution in [0.15, 0.2) is 18.2 Å². The number of hydrogen-bond donors (Lipinski definition) is 1. The summed E-state index contributed by atoms with van der Waals surface area (Å²) in [5.41, 5.74) is 2.26. The topological polar surface area (TPSA) is 49.8 Å². The molecule has 0 fully saturated rings. The number of carbonyl (C=O) groups is 1. The van der Waals surface area contributed by atoms with E-state index < -0.39 is 6.09 Å². The number of benzene rings is 1. The maximum atomic E-state index is 10.8. The molecule has 1 aliphatic heterocycles. The predicted molar refractivity (Wildman–Crippen MR) is 55.1 cm³/mol. The van der Waals surface area contributed by atoms with Crippen LogP contribution >= 0.6 is 0 Å². The molecule has 1 N–H and O–H groups in total. The lowest BCUT2D eigenvalue weighted by atomic mass is 10.00. The highest BCUT2D eigenvalue weighted by Crippen LogP contribution is 2.23. The Hall–Kier alpha value is -1.71. The van der Waals surface area contributed by atoms with E-state index in [0.29, 0.717) is 13.1 Å². The second kappa shape index (κ2) is 3.81. The van der Waals surface area contributed by atoms with Crippen molar-refractivity contribution in [1.82, 2.24) is 4.90 Å². The van der Waals surface area contributed by atoms with Crippen LogP contribution in [0.1, 0.15) is 11.1 Å². The molecule has 4 heteroatoms. The SMILES string of the molecule is COc1ccc2c(c1)CCN(C(=O)O)C2. The van der Waals surface area contributed by atoms with Gasteiger partial charge in [0.25, 0.3) is 0 Å². The van der Waals surface area contributed by atoms with Crippen molar-refractivity contribution < 1.29 is 14.6 Å². The van der Waals surface area contributed by atoms with Crippen LogP contribution in [0.3, 0.4) is 0 Å². The normalized spacial score (nSPS) is 14.6. The minimum Gasteiger partial charge on any atom is -0.497 e. The van der Waals surface area contributed by atoms with E-state index in [0.717, 1.165) is 17.7 Å². The van der Waals surface area contributed by atoms with E-state index in [4.69, 9.17) is 9.84 Å². The van der Waals surface area contributed by atoms with E-state index >= 15 is 0 Å². The molecule has 1 aromatic carbocycles. The van der Waals surface area contributed by atoms with Crippen molar-refractivity contribution in [2.75, 3.05) is 13.7 Å². The molecule has 1 aliphatic rings. The molecule has 0 unspecified atom stereocenters. The minimum absolute atomic E-state index is 0.481. The highest BCUT2D eigenvalue weighted by Gasteiger charge is 2.19. The zero-order chi connectivity index (χ0) is 10.8. The summed E-state index contributed by atoms with van der Waals surface area (Å²) in [6.45, 7) is 1.05. The van der Waals surface area contributed by atoms with Gasteiger partial charge in [0.2, 0.25) is 0 Å². The molecular formula is C11H13NO3. The van der Waals surface area contributed by atoms with Gasteiger partial charge >= 0.3 is 6.09 Å². The van der Waals surface area contributed by atoms with Crippen molar-refractivity contribution in [3.8, 4) is 5.75 Å². The van der Waals surface area contributed by atoms with Crippen LogP contribution in [0.2, 0.25) is 0 Å². The largest absolute Gasteiger partial charge is 0.497 e. The first-order valence-electron chi connectivity index (χ1n) is 4.84. The number of hydrogen-bond acceptors (Lipinski definition) is 2. The van der Waals surface area contributed by atoms with Gasteiger partial charge in [0, 0.05) is 13.1 Å². The van der Waals surface area contributed by atoms with E-state index in [-0.39, 0.29) is 0 Å². The number of fused-ring (bicyclic) bond motifs is 1. The van der Waals surface area contributed by atoms with E-state index in [1.807, 2.05) is 18.2 Å². The third-order valence-corrected chi connectivity index (χ3v) is 2.70. The van der Waals surface area contributed by atoms with Gasteiger partial charge in [-0.05, 0) is 29.7 Å². The number of rotatable bonds is 1. The zero-order valence-corrected chi connectivity index (χ0v) is 8.56. The van der Waals surface area contributed by atoms with Crippen molar-refractivity contribution >= 4 is 6.09 Å². The summed E-state index contributed by atoms with van der Waals surface area (Å²) < 4.78 is 5.12. The second-order valence-corrected chi connectivity index (χ2v) is 3.59. The quantitative estimate of drug-likeness (QED) is 0.763. The monoisotopic (exact) mass is 207 g/mol. The van der Waals surface area contributed by atoms with Crippen LogP contribution in [-0.4, -0.2) is 29.8 Å². The summed E-state index contributed by atoms with van der Waals surface area (Å²) in [5.74, 6) is 0.831. The van der Waals surface area contributed by atoms with Gasteiger partial charge in [-0.25, -0.2) is 4.79 Å². The van der Waals surface area contributed by atoms with Crippen LogP contribution in [0, 0.1) is 0 Å². The van der Waals surface area contributed by atoms with Gasteiger partial charge in [-0.2, -0.15) is 0 Å². The minimum atomic E-state index is -0.850. The second-order valence-electron chi connectivity index (χ2n) is 3.59. The molecule has 1 heterocycles. The maximum absolute atomic E-state index is 10.8. The van der Waals surface area contributed by atoms with Crippen molar-refractivity contribution in [2.45, 2.75) is 13.0 Å². The summed E-state index contributed by atoms with van der Waals surface area (Å²) in [5, 5.41) is 8.87. The van der Waals surface area contributed by atoms with E-state index in [1.165, 1.54) is 10.5 Å². The van der Waals surface area contributed by atoms with Gasteiger partial charge in [0.1, 0.15) is 5.75 Å². The Labute approximate surface area is 88.1 Å². The summed E-state index contributed by atoms with van der Waals surface area (Å²) >= 11 is 0. The van der Waals surface area contributed by atoms with Crippen LogP contribution in [0.5, 0.6) is 5.75 Å². The molecule has 0 radical (unpaired) electrons. The van der Waals surface area contributed by atoms with Gasteiger partial charge in [-0.3, -0.25) is 0 Å². The van der Waals surface area contributed by atoms with Gasteiger partial charge in [0.05, 0.1) is 7.11 Å². The Kier molecular flexibility index (Phi) is 2.49. The fourth-order valence-electron chi connectivity index (χ4n) is 1.82. The Morgan fingerprint density at radius 1 is 1.47 bits per heavy atom. The fraction of sp³-hybridized carbons (Fsp3) is 0.364. The number of ether oxygens (including phenoxy) is 1. The van der Waals surface area contributed by atoms with E-state index in [9.17, 15) is 4.79 Å². The van der Waals surface area contributed by atoms with Crippen LogP contribution in [0.25, 0.3) is 0 Å². The fourth-order valence-corrected chi connectivity index (χ4v) is 1.82. The summed E-state index contributed by atoms with van der Waals surface area (Å²) in [6.07, 6.45) is -0.0878. The molecular weight excluding hydrogens is 194 g/mol. The summed E-state index contributed by atoms with van der Waals surface area (Å²) in [6, 6.07) is 5.78. The van der Waals surface area contributed by atoms with Crippen LogP contribution in [-0.2, 0) is 13.0 Å². The molecule has 2 rings (SSSR count). The lowest BCUT2D eigenvalue weighted by Gasteiger charge is -2.26. The van der Waals surface area contributed by atoms with Gasteiger partial charge < -0.3 is 14.7 Å². The van der Waals surface area contributed by atoms with Gasteiger partial charge in [0.15, 0.2) is 0 Å². The van der Waals surface area contributed by atoms with Crippen molar-refractivity contribution in [3.05, 3.63) is 29.3 Å². The van der Waals surface area contributed by atoms with Gasteiger partial charge in [-0.1, -0.05) is 6.07 Å². The summed E-state index contributed by atoms with van der Waals surface area (Å²) in [4.78, 5) is 12.2. The molecule has 0 saturated carbocycles. The third kappa shape index (κ3) is 1.88. The first kappa shape index (κ1) is 9.83. The Bertz CT molecular complexity index is 389. The molecule has 0 bridgehead atoms. The highest BCUT2D eigenvalue weighted by atomic mass is 16.5. The molecule has 15 heavy (non-hydrogen) atoms. The molecule has 0 spiro atoms. The lowest BCUT2D eigenvalue weighted by molar-refractivity contribution is 0.140. The Morgan fingerprint density at radius 3 is 2.93 bits per heavy atom. The molecule has 0 aromatic heterocycles. The van der Waals surface area contributed by atoms with Crippen LogP contribution in [0.4, 0.5) is 4.79 Å². The number of amides is 1. The highest BCUT2D eigenvalue weighted by molar-refractivity contribution is 5.65. The van der Waals surface area contributed by atoms with Crippen LogP contribution < -0.4 is 4.74 Å². The lowest BCUT2D eigenvalue weighted by Crippen LogP contribution is -2.34. The zero-order valence-electron chi connectivity index (χ0n) is 8.56. The molecule has 0 saturated heterocycles. The molecule has 4 nitrogen and oxygen atoms in total. The maximum Gasteiger partial charge on any atom is 0.407 e. The molecule has 0 aliphatic carbocycles. The standard InChI is InChI=1S/C11H13NO3/c1-15-10-3-2-9-7-12(11(13)14)5-4-8(9)6-10/h2-3,6H,4-5,7H2,1H3,(H,13,14).